The number of amides is 1. The van der Waals surface area contributed by atoms with E-state index in [2.05, 4.69) is 16.4 Å². The number of benzene rings is 1. The van der Waals surface area contributed by atoms with Gasteiger partial charge in [0, 0.05) is 13.1 Å². The molecule has 0 radical (unpaired) electrons. The first-order valence-electron chi connectivity index (χ1n) is 6.71. The molecule has 1 unspecified atom stereocenters. The summed E-state index contributed by atoms with van der Waals surface area (Å²) in [6, 6.07) is 8.03. The van der Waals surface area contributed by atoms with Crippen LogP contribution in [-0.4, -0.2) is 30.4 Å². The molecule has 19 heavy (non-hydrogen) atoms. The molecule has 1 amide bonds. The topological polar surface area (TPSA) is 84.4 Å². The average molecular weight is 262 g/mol. The van der Waals surface area contributed by atoms with Crippen LogP contribution in [0.2, 0.25) is 0 Å². The third-order valence-corrected chi connectivity index (χ3v) is 3.73. The Hall–Kier alpha value is -1.43. The fourth-order valence-electron chi connectivity index (χ4n) is 2.60. The zero-order valence-electron chi connectivity index (χ0n) is 11.1. The molecule has 1 aromatic rings. The summed E-state index contributed by atoms with van der Waals surface area (Å²) in [6.07, 6.45) is 1.50. The predicted octanol–water partition coefficient (Wildman–Crippen LogP) is -0.000400. The molecule has 0 spiro atoms. The Balaban J connectivity index is 2.01. The summed E-state index contributed by atoms with van der Waals surface area (Å²) in [4.78, 5) is 13.8. The van der Waals surface area contributed by atoms with Crippen molar-refractivity contribution in [2.45, 2.75) is 19.4 Å². The van der Waals surface area contributed by atoms with E-state index < -0.39 is 0 Å². The van der Waals surface area contributed by atoms with Gasteiger partial charge in [0.1, 0.15) is 0 Å². The van der Waals surface area contributed by atoms with E-state index in [9.17, 15) is 4.79 Å². The Morgan fingerprint density at radius 1 is 1.37 bits per heavy atom. The molecule has 1 atom stereocenters. The normalized spacial score (nSPS) is 19.6. The van der Waals surface area contributed by atoms with E-state index >= 15 is 0 Å². The minimum absolute atomic E-state index is 0.159. The molecule has 0 aromatic heterocycles. The lowest BCUT2D eigenvalue weighted by molar-refractivity contribution is -0.120. The molecule has 0 saturated carbocycles. The molecule has 0 aliphatic carbocycles. The molecular formula is C14H22N4O. The fourth-order valence-corrected chi connectivity index (χ4v) is 2.60. The highest BCUT2D eigenvalue weighted by atomic mass is 16.2. The van der Waals surface area contributed by atoms with Gasteiger partial charge < -0.3 is 5.73 Å². The van der Waals surface area contributed by atoms with Gasteiger partial charge in [-0.15, -0.1) is 0 Å². The first kappa shape index (κ1) is 14.0. The molecular weight excluding hydrogens is 240 g/mol. The van der Waals surface area contributed by atoms with Crippen LogP contribution in [0.3, 0.4) is 0 Å². The summed E-state index contributed by atoms with van der Waals surface area (Å²) in [7, 11) is 0. The van der Waals surface area contributed by atoms with Crippen molar-refractivity contribution < 1.29 is 4.79 Å². The molecule has 5 nitrogen and oxygen atoms in total. The van der Waals surface area contributed by atoms with Gasteiger partial charge in [-0.05, 0) is 36.6 Å². The number of rotatable bonds is 5. The highest BCUT2D eigenvalue weighted by Gasteiger charge is 2.21. The van der Waals surface area contributed by atoms with Crippen LogP contribution in [-0.2, 0) is 17.8 Å². The second-order valence-electron chi connectivity index (χ2n) is 5.14. The summed E-state index contributed by atoms with van der Waals surface area (Å²) in [6.45, 7) is 3.77. The van der Waals surface area contributed by atoms with Gasteiger partial charge in [0.15, 0.2) is 0 Å². The standard InChI is InChI=1S/C14H22N4O/c15-8-11-5-6-18(9-11)10-13-4-2-1-3-12(13)7-14(19)17-16/h1-4,11H,5-10,15-16H2,(H,17,19). The lowest BCUT2D eigenvalue weighted by atomic mass is 10.0. The molecule has 1 saturated heterocycles. The van der Waals surface area contributed by atoms with Crippen molar-refractivity contribution in [3.8, 4) is 0 Å². The van der Waals surface area contributed by atoms with E-state index in [1.54, 1.807) is 0 Å². The summed E-state index contributed by atoms with van der Waals surface area (Å²) in [5.41, 5.74) is 10.1. The van der Waals surface area contributed by atoms with Crippen LogP contribution in [0, 0.1) is 5.92 Å². The maximum Gasteiger partial charge on any atom is 0.238 e. The van der Waals surface area contributed by atoms with Gasteiger partial charge in [0.2, 0.25) is 5.91 Å². The first-order valence-corrected chi connectivity index (χ1v) is 6.71. The van der Waals surface area contributed by atoms with Crippen LogP contribution < -0.4 is 17.0 Å². The number of likely N-dealkylation sites (tertiary alicyclic amines) is 1. The summed E-state index contributed by atoms with van der Waals surface area (Å²) in [5, 5.41) is 0. The van der Waals surface area contributed by atoms with Crippen LogP contribution >= 0.6 is 0 Å². The largest absolute Gasteiger partial charge is 0.330 e. The Morgan fingerprint density at radius 2 is 2.11 bits per heavy atom. The monoisotopic (exact) mass is 262 g/mol. The van der Waals surface area contributed by atoms with Crippen molar-refractivity contribution in [3.63, 3.8) is 0 Å². The zero-order chi connectivity index (χ0) is 13.7. The molecule has 104 valence electrons. The van der Waals surface area contributed by atoms with E-state index in [4.69, 9.17) is 11.6 Å². The number of nitrogens with two attached hydrogens (primary N) is 2. The lowest BCUT2D eigenvalue weighted by Crippen LogP contribution is -2.32. The molecule has 0 bridgehead atoms. The molecule has 1 aliphatic rings. The van der Waals surface area contributed by atoms with Gasteiger partial charge in [0.25, 0.3) is 0 Å². The van der Waals surface area contributed by atoms with Gasteiger partial charge in [-0.2, -0.15) is 0 Å². The number of hydrogen-bond donors (Lipinski definition) is 3. The second kappa shape index (κ2) is 6.65. The van der Waals surface area contributed by atoms with Crippen LogP contribution in [0.25, 0.3) is 0 Å². The van der Waals surface area contributed by atoms with Gasteiger partial charge in [0.05, 0.1) is 6.42 Å². The molecule has 5 heteroatoms. The Morgan fingerprint density at radius 3 is 2.74 bits per heavy atom. The van der Waals surface area contributed by atoms with Crippen molar-refractivity contribution in [3.05, 3.63) is 35.4 Å². The van der Waals surface area contributed by atoms with Crippen molar-refractivity contribution in [1.82, 2.24) is 10.3 Å². The zero-order valence-corrected chi connectivity index (χ0v) is 11.1. The quantitative estimate of drug-likeness (QED) is 0.396. The van der Waals surface area contributed by atoms with E-state index in [-0.39, 0.29) is 5.91 Å². The summed E-state index contributed by atoms with van der Waals surface area (Å²) >= 11 is 0. The number of nitrogens with zero attached hydrogens (tertiary/aromatic N) is 1. The molecule has 5 N–H and O–H groups in total. The van der Waals surface area contributed by atoms with Gasteiger partial charge in [-0.1, -0.05) is 24.3 Å². The van der Waals surface area contributed by atoms with E-state index in [0.29, 0.717) is 12.3 Å². The van der Waals surface area contributed by atoms with Crippen LogP contribution in [0.5, 0.6) is 0 Å². The smallest absolute Gasteiger partial charge is 0.238 e. The Bertz CT molecular complexity index is 435. The fraction of sp³-hybridized carbons (Fsp3) is 0.500. The van der Waals surface area contributed by atoms with Crippen molar-refractivity contribution in [2.24, 2.45) is 17.5 Å². The molecule has 2 rings (SSSR count). The SMILES string of the molecule is NCC1CCN(Cc2ccccc2CC(=O)NN)C1. The van der Waals surface area contributed by atoms with Crippen LogP contribution in [0.1, 0.15) is 17.5 Å². The van der Waals surface area contributed by atoms with Crippen LogP contribution in [0.4, 0.5) is 0 Å². The maximum atomic E-state index is 11.4. The van der Waals surface area contributed by atoms with Gasteiger partial charge >= 0.3 is 0 Å². The third kappa shape index (κ3) is 3.76. The van der Waals surface area contributed by atoms with E-state index in [0.717, 1.165) is 31.7 Å². The summed E-state index contributed by atoms with van der Waals surface area (Å²) < 4.78 is 0. The Kier molecular flexibility index (Phi) is 4.90. The lowest BCUT2D eigenvalue weighted by Gasteiger charge is -2.18. The van der Waals surface area contributed by atoms with Crippen molar-refractivity contribution >= 4 is 5.91 Å². The van der Waals surface area contributed by atoms with Crippen molar-refractivity contribution in [1.29, 1.82) is 0 Å². The van der Waals surface area contributed by atoms with Gasteiger partial charge in [-0.3, -0.25) is 15.1 Å². The number of hydrogen-bond acceptors (Lipinski definition) is 4. The molecule has 1 heterocycles. The molecule has 1 aromatic carbocycles. The number of nitrogens with one attached hydrogen (secondary N) is 1. The highest BCUT2D eigenvalue weighted by Crippen LogP contribution is 2.19. The first-order chi connectivity index (χ1) is 9.22. The molecule has 1 aliphatic heterocycles. The van der Waals surface area contributed by atoms with Crippen LogP contribution in [0.15, 0.2) is 24.3 Å². The number of hydrazine groups is 1. The average Bonchev–Trinajstić information content (AvgIpc) is 2.88. The second-order valence-corrected chi connectivity index (χ2v) is 5.14. The van der Waals surface area contributed by atoms with E-state index in [1.807, 2.05) is 18.2 Å². The minimum atomic E-state index is -0.159. The number of carbonyl (C=O) groups excluding carboxylic acids is 1. The summed E-state index contributed by atoms with van der Waals surface area (Å²) in [5.74, 6) is 5.60. The predicted molar refractivity (Wildman–Crippen MR) is 74.9 cm³/mol. The van der Waals surface area contributed by atoms with E-state index in [1.165, 1.54) is 12.0 Å². The maximum absolute atomic E-state index is 11.4. The van der Waals surface area contributed by atoms with Crippen molar-refractivity contribution in [2.75, 3.05) is 19.6 Å². The van der Waals surface area contributed by atoms with Gasteiger partial charge in [-0.25, -0.2) is 5.84 Å². The third-order valence-electron chi connectivity index (χ3n) is 3.73. The highest BCUT2D eigenvalue weighted by molar-refractivity contribution is 5.78. The molecule has 1 fully saturated rings. The number of carbonyl (C=O) groups is 1. The Labute approximate surface area is 113 Å². The minimum Gasteiger partial charge on any atom is -0.330 e.